The summed E-state index contributed by atoms with van der Waals surface area (Å²) < 4.78 is 11.3. The van der Waals surface area contributed by atoms with Crippen molar-refractivity contribution in [3.05, 3.63) is 12.7 Å². The summed E-state index contributed by atoms with van der Waals surface area (Å²) >= 11 is 0. The summed E-state index contributed by atoms with van der Waals surface area (Å²) in [6.45, 7) is 6.69. The Hall–Kier alpha value is -0.530. The summed E-state index contributed by atoms with van der Waals surface area (Å²) in [7, 11) is 1.56. The molecule has 0 spiro atoms. The van der Waals surface area contributed by atoms with E-state index >= 15 is 0 Å². The molecular formula is C6H13NO2P+. The summed E-state index contributed by atoms with van der Waals surface area (Å²) in [5, 5.41) is 0. The van der Waals surface area contributed by atoms with Gasteiger partial charge in [0.25, 0.3) is 0 Å². The van der Waals surface area contributed by atoms with Crippen molar-refractivity contribution in [1.29, 1.82) is 0 Å². The van der Waals surface area contributed by atoms with Crippen molar-refractivity contribution in [2.75, 3.05) is 20.3 Å². The molecule has 0 radical (unpaired) electrons. The molecule has 0 aromatic carbocycles. The minimum atomic E-state index is -2.22. The highest BCUT2D eigenvalue weighted by Crippen LogP contribution is 2.03. The maximum Gasteiger partial charge on any atom is 0.312 e. The minimum Gasteiger partial charge on any atom is -0.595 e. The zero-order chi connectivity index (χ0) is 8.57. The molecule has 0 aromatic heterocycles. The van der Waals surface area contributed by atoms with Gasteiger partial charge in [-0.2, -0.15) is 0 Å². The van der Waals surface area contributed by atoms with Crippen LogP contribution in [0.2, 0.25) is 0 Å². The predicted molar refractivity (Wildman–Crippen MR) is 41.9 cm³/mol. The Morgan fingerprint density at radius 1 is 1.70 bits per heavy atom. The lowest BCUT2D eigenvalue weighted by Crippen LogP contribution is -1.86. The Morgan fingerprint density at radius 3 is 2.00 bits per heavy atom. The molecule has 3 nitrogen and oxygen atoms in total. The van der Waals surface area contributed by atoms with Crippen LogP contribution in [-0.2, 0) is 4.57 Å². The fourth-order valence-electron chi connectivity index (χ4n) is 0.105. The smallest absolute Gasteiger partial charge is 0.312 e. The Balaban J connectivity index is 0. The van der Waals surface area contributed by atoms with Crippen molar-refractivity contribution in [3.63, 3.8) is 0 Å². The van der Waals surface area contributed by atoms with Crippen LogP contribution < -0.4 is 4.89 Å². The Bertz CT molecular complexity index is 130. The Kier molecular flexibility index (Phi) is 10.3. The summed E-state index contributed by atoms with van der Waals surface area (Å²) in [4.78, 5) is 9.57. The van der Waals surface area contributed by atoms with Crippen molar-refractivity contribution in [1.82, 2.24) is 0 Å². The molecule has 0 N–H and O–H groups in total. The van der Waals surface area contributed by atoms with E-state index in [1.807, 2.05) is 14.1 Å². The zero-order valence-electron chi connectivity index (χ0n) is 6.41. The van der Waals surface area contributed by atoms with Crippen LogP contribution in [0.5, 0.6) is 0 Å². The summed E-state index contributed by atoms with van der Waals surface area (Å²) in [6.07, 6.45) is 1.45. The average molecular weight is 162 g/mol. The van der Waals surface area contributed by atoms with E-state index in [9.17, 15) is 9.46 Å². The molecular weight excluding hydrogens is 149 g/mol. The van der Waals surface area contributed by atoms with Gasteiger partial charge in [0.15, 0.2) is 6.16 Å². The number of hydrogen-bond acceptors (Lipinski definition) is 2. The molecule has 0 aromatic rings. The van der Waals surface area contributed by atoms with Crippen LogP contribution in [0.25, 0.3) is 0 Å². The highest BCUT2D eigenvalue weighted by atomic mass is 31.1. The molecule has 0 saturated heterocycles. The molecule has 0 saturated carbocycles. The fraction of sp³-hybridized carbons (Fsp3) is 0.500. The van der Waals surface area contributed by atoms with Crippen LogP contribution in [0, 0.1) is 0 Å². The van der Waals surface area contributed by atoms with Gasteiger partial charge in [-0.15, -0.1) is 0 Å². The minimum absolute atomic E-state index is 0.0926. The fourth-order valence-corrected chi connectivity index (χ4v) is 0.316. The standard InChI is InChI=1S/C3H8N.C3H5O2P/c1-4(2)3;1-2-3-6(4)5/h1H2,2-3H3;2H,1,3H2/q+1;. The molecule has 0 bridgehead atoms. The van der Waals surface area contributed by atoms with Crippen molar-refractivity contribution in [2.45, 2.75) is 0 Å². The van der Waals surface area contributed by atoms with E-state index in [0.29, 0.717) is 0 Å². The largest absolute Gasteiger partial charge is 0.595 e. The normalized spacial score (nSPS) is 8.90. The van der Waals surface area contributed by atoms with E-state index in [4.69, 9.17) is 0 Å². The molecule has 0 amide bonds. The first-order valence-electron chi connectivity index (χ1n) is 2.71. The monoisotopic (exact) mass is 162 g/mol. The van der Waals surface area contributed by atoms with Crippen LogP contribution in [0.4, 0.5) is 0 Å². The first-order valence-corrected chi connectivity index (χ1v) is 4.07. The Morgan fingerprint density at radius 2 is 2.00 bits per heavy atom. The van der Waals surface area contributed by atoms with Gasteiger partial charge in [0.1, 0.15) is 20.8 Å². The second kappa shape index (κ2) is 8.47. The molecule has 10 heavy (non-hydrogen) atoms. The van der Waals surface area contributed by atoms with Gasteiger partial charge in [-0.1, -0.05) is 11.1 Å². The Labute approximate surface area is 62.6 Å². The molecule has 0 aliphatic rings. The lowest BCUT2D eigenvalue weighted by atomic mass is 10.8. The predicted octanol–water partition coefficient (Wildman–Crippen LogP) is 0.234. The van der Waals surface area contributed by atoms with E-state index in [-0.39, 0.29) is 6.16 Å². The molecule has 58 valence electrons. The third kappa shape index (κ3) is 51.3. The molecule has 0 heterocycles. The summed E-state index contributed by atoms with van der Waals surface area (Å²) in [5.41, 5.74) is 0. The topological polar surface area (TPSA) is 43.1 Å². The van der Waals surface area contributed by atoms with Crippen molar-refractivity contribution in [3.8, 4) is 0 Å². The van der Waals surface area contributed by atoms with Crippen LogP contribution in [0.15, 0.2) is 12.7 Å². The van der Waals surface area contributed by atoms with E-state index in [1.54, 1.807) is 4.58 Å². The zero-order valence-corrected chi connectivity index (χ0v) is 7.30. The van der Waals surface area contributed by atoms with E-state index in [1.165, 1.54) is 6.08 Å². The van der Waals surface area contributed by atoms with E-state index in [2.05, 4.69) is 13.3 Å². The average Bonchev–Trinajstić information content (AvgIpc) is 1.62. The summed E-state index contributed by atoms with van der Waals surface area (Å²) in [5.74, 6) is 0. The first-order chi connectivity index (χ1) is 4.50. The molecule has 0 aliphatic carbocycles. The van der Waals surface area contributed by atoms with Crippen molar-refractivity contribution < 1.29 is 14.0 Å². The number of nitrogens with zero attached hydrogens (tertiary/aromatic N) is 1. The van der Waals surface area contributed by atoms with Crippen LogP contribution in [-0.4, -0.2) is 31.6 Å². The highest BCUT2D eigenvalue weighted by molar-refractivity contribution is 7.36. The van der Waals surface area contributed by atoms with Gasteiger partial charge in [-0.05, 0) is 6.08 Å². The third-order valence-corrected chi connectivity index (χ3v) is 0.835. The molecule has 0 rings (SSSR count). The first kappa shape index (κ1) is 12.2. The molecule has 4 heteroatoms. The maximum atomic E-state index is 9.57. The maximum absolute atomic E-state index is 9.57. The van der Waals surface area contributed by atoms with Gasteiger partial charge in [0.05, 0.1) is 0 Å². The molecule has 1 atom stereocenters. The van der Waals surface area contributed by atoms with Gasteiger partial charge < -0.3 is 4.89 Å². The highest BCUT2D eigenvalue weighted by Gasteiger charge is 1.88. The molecule has 0 aliphatic heterocycles. The van der Waals surface area contributed by atoms with Gasteiger partial charge in [-0.25, -0.2) is 4.58 Å². The number of allylic oxidation sites excluding steroid dienone is 1. The lowest BCUT2D eigenvalue weighted by Gasteiger charge is -1.73. The quantitative estimate of drug-likeness (QED) is 0.252. The molecule has 0 fully saturated rings. The second-order valence-electron chi connectivity index (χ2n) is 1.88. The van der Waals surface area contributed by atoms with Gasteiger partial charge in [-0.3, -0.25) is 0 Å². The van der Waals surface area contributed by atoms with Crippen LogP contribution in [0.3, 0.4) is 0 Å². The van der Waals surface area contributed by atoms with E-state index < -0.39 is 8.03 Å². The SMILES string of the molecule is C=CC[P+](=O)[O-].C=[N+](C)C. The third-order valence-electron chi connectivity index (χ3n) is 0.278. The van der Waals surface area contributed by atoms with Gasteiger partial charge in [0, 0.05) is 0 Å². The molecule has 1 unspecified atom stereocenters. The van der Waals surface area contributed by atoms with Crippen molar-refractivity contribution in [2.24, 2.45) is 0 Å². The lowest BCUT2D eigenvalue weighted by molar-refractivity contribution is -0.454. The van der Waals surface area contributed by atoms with Gasteiger partial charge in [0.2, 0.25) is 0 Å². The van der Waals surface area contributed by atoms with Crippen molar-refractivity contribution >= 4 is 14.7 Å². The second-order valence-corrected chi connectivity index (χ2v) is 2.91. The van der Waals surface area contributed by atoms with Crippen LogP contribution >= 0.6 is 8.03 Å². The summed E-state index contributed by atoms with van der Waals surface area (Å²) in [6, 6.07) is 0. The van der Waals surface area contributed by atoms with E-state index in [0.717, 1.165) is 0 Å². The number of rotatable bonds is 2. The van der Waals surface area contributed by atoms with Crippen LogP contribution in [0.1, 0.15) is 0 Å². The van der Waals surface area contributed by atoms with Gasteiger partial charge >= 0.3 is 8.03 Å². The number of hydrogen-bond donors (Lipinski definition) is 0.